The molecule has 1 radical (unpaired) electrons. The maximum atomic E-state index is 5.94. The van der Waals surface area contributed by atoms with Crippen LogP contribution in [0.25, 0.3) is 5.69 Å². The zero-order valence-corrected chi connectivity index (χ0v) is 9.89. The number of halogens is 2. The summed E-state index contributed by atoms with van der Waals surface area (Å²) in [6, 6.07) is 8.54. The number of benzene rings is 1. The van der Waals surface area contributed by atoms with Gasteiger partial charge in [0.15, 0.2) is 0 Å². The number of aromatic nitrogens is 2. The van der Waals surface area contributed by atoms with Gasteiger partial charge in [0.25, 0.3) is 0 Å². The van der Waals surface area contributed by atoms with E-state index in [-0.39, 0.29) is 0 Å². The van der Waals surface area contributed by atoms with Crippen LogP contribution in [0.4, 0.5) is 0 Å². The number of nitrogens with zero attached hydrogens (tertiary/aromatic N) is 2. The second-order valence-electron chi connectivity index (χ2n) is 3.31. The summed E-state index contributed by atoms with van der Waals surface area (Å²) in [4.78, 5) is 0. The smallest absolute Gasteiger partial charge is 0.0680 e. The predicted molar refractivity (Wildman–Crippen MR) is 61.9 cm³/mol. The van der Waals surface area contributed by atoms with Crippen molar-refractivity contribution in [3.05, 3.63) is 45.7 Å². The average Bonchev–Trinajstić information content (AvgIpc) is 2.50. The summed E-state index contributed by atoms with van der Waals surface area (Å²) < 4.78 is 1.79. The van der Waals surface area contributed by atoms with Gasteiger partial charge < -0.3 is 0 Å². The van der Waals surface area contributed by atoms with E-state index in [0.29, 0.717) is 10.0 Å². The normalized spacial score (nSPS) is 10.7. The van der Waals surface area contributed by atoms with Gasteiger partial charge in [-0.2, -0.15) is 5.10 Å². The Kier molecular flexibility index (Phi) is 2.72. The fourth-order valence-corrected chi connectivity index (χ4v) is 1.73. The van der Waals surface area contributed by atoms with Gasteiger partial charge >= 0.3 is 0 Å². The third-order valence-corrected chi connectivity index (χ3v) is 2.82. The van der Waals surface area contributed by atoms with Crippen LogP contribution in [-0.4, -0.2) is 9.78 Å². The Hall–Kier alpha value is -0.990. The van der Waals surface area contributed by atoms with E-state index in [1.165, 1.54) is 0 Å². The molecule has 2 aromatic rings. The van der Waals surface area contributed by atoms with E-state index >= 15 is 0 Å². The lowest BCUT2D eigenvalue weighted by Gasteiger charge is -2.05. The number of rotatable bonds is 1. The maximum Gasteiger partial charge on any atom is 0.0680 e. The van der Waals surface area contributed by atoms with Gasteiger partial charge in [0, 0.05) is 11.8 Å². The number of hydrogen-bond donors (Lipinski definition) is 0. The molecule has 2 rings (SSSR count). The molecule has 2 nitrogen and oxygen atoms in total. The molecule has 0 aliphatic carbocycles. The first-order chi connectivity index (χ1) is 7.08. The van der Waals surface area contributed by atoms with Crippen LogP contribution < -0.4 is 0 Å². The van der Waals surface area contributed by atoms with E-state index < -0.39 is 0 Å². The third-order valence-electron chi connectivity index (χ3n) is 2.08. The van der Waals surface area contributed by atoms with E-state index in [0.717, 1.165) is 17.1 Å². The Balaban J connectivity index is 2.54. The average molecular weight is 240 g/mol. The van der Waals surface area contributed by atoms with E-state index in [9.17, 15) is 0 Å². The molecule has 0 N–H and O–H groups in total. The molecular formula is C11H9Cl2N2. The first-order valence-corrected chi connectivity index (χ1v) is 5.24. The van der Waals surface area contributed by atoms with Gasteiger partial charge in [-0.05, 0) is 32.0 Å². The van der Waals surface area contributed by atoms with Crippen LogP contribution in [0.3, 0.4) is 0 Å². The molecule has 0 aliphatic rings. The minimum atomic E-state index is 0.529. The van der Waals surface area contributed by atoms with Crippen molar-refractivity contribution in [1.29, 1.82) is 0 Å². The standard InChI is InChI=1S/C11H9Cl2N2/c1-7-5-8(2)15(14-7)9-3-4-10(12)11(13)6-9/h3-4,6H,1-2H3. The highest BCUT2D eigenvalue weighted by Crippen LogP contribution is 2.24. The van der Waals surface area contributed by atoms with E-state index in [1.807, 2.05) is 19.9 Å². The van der Waals surface area contributed by atoms with Gasteiger partial charge in [-0.15, -0.1) is 0 Å². The topological polar surface area (TPSA) is 17.8 Å². The largest absolute Gasteiger partial charge is 0.237 e. The molecule has 0 unspecified atom stereocenters. The van der Waals surface area contributed by atoms with Gasteiger partial charge in [-0.1, -0.05) is 23.2 Å². The van der Waals surface area contributed by atoms with Crippen molar-refractivity contribution in [1.82, 2.24) is 9.78 Å². The van der Waals surface area contributed by atoms with E-state index in [1.54, 1.807) is 16.8 Å². The molecule has 0 spiro atoms. The fourth-order valence-electron chi connectivity index (χ4n) is 1.43. The van der Waals surface area contributed by atoms with Gasteiger partial charge in [-0.25, -0.2) is 4.68 Å². The number of aryl methyl sites for hydroxylation is 2. The lowest BCUT2D eigenvalue weighted by molar-refractivity contribution is 0.833. The highest BCUT2D eigenvalue weighted by atomic mass is 35.5. The Labute approximate surface area is 98.4 Å². The van der Waals surface area contributed by atoms with Crippen LogP contribution in [-0.2, 0) is 0 Å². The number of hydrogen-bond acceptors (Lipinski definition) is 1. The lowest BCUT2D eigenvalue weighted by Crippen LogP contribution is -1.98. The minimum Gasteiger partial charge on any atom is -0.237 e. The van der Waals surface area contributed by atoms with Gasteiger partial charge in [0.05, 0.1) is 21.4 Å². The summed E-state index contributed by atoms with van der Waals surface area (Å²) in [6.45, 7) is 3.85. The summed E-state index contributed by atoms with van der Waals surface area (Å²) in [5.41, 5.74) is 2.70. The molecule has 1 aromatic carbocycles. The first-order valence-electron chi connectivity index (χ1n) is 4.49. The van der Waals surface area contributed by atoms with Crippen molar-refractivity contribution >= 4 is 23.2 Å². The van der Waals surface area contributed by atoms with Crippen LogP contribution >= 0.6 is 23.2 Å². The predicted octanol–water partition coefficient (Wildman–Crippen LogP) is 3.60. The molecule has 0 saturated carbocycles. The van der Waals surface area contributed by atoms with Gasteiger partial charge in [0.1, 0.15) is 0 Å². The highest BCUT2D eigenvalue weighted by Gasteiger charge is 2.05. The van der Waals surface area contributed by atoms with Crippen LogP contribution in [0.1, 0.15) is 11.4 Å². The van der Waals surface area contributed by atoms with Gasteiger partial charge in [0.2, 0.25) is 0 Å². The quantitative estimate of drug-likeness (QED) is 0.744. The molecule has 1 heterocycles. The summed E-state index contributed by atoms with van der Waals surface area (Å²) in [5, 5.41) is 5.39. The SMILES string of the molecule is Cc1[c]c(C)n(-c2ccc(Cl)c(Cl)c2)n1. The van der Waals surface area contributed by atoms with Crippen molar-refractivity contribution in [2.45, 2.75) is 13.8 Å². The molecule has 0 fully saturated rings. The van der Waals surface area contributed by atoms with Crippen LogP contribution in [0, 0.1) is 19.9 Å². The summed E-state index contributed by atoms with van der Waals surface area (Å²) in [7, 11) is 0. The molecule has 77 valence electrons. The Morgan fingerprint density at radius 3 is 2.47 bits per heavy atom. The molecule has 0 atom stereocenters. The molecular weight excluding hydrogens is 231 g/mol. The molecule has 1 aromatic heterocycles. The lowest BCUT2D eigenvalue weighted by atomic mass is 10.3. The molecule has 0 amide bonds. The molecule has 4 heteroatoms. The summed E-state index contributed by atoms with van der Waals surface area (Å²) in [6.07, 6.45) is 0. The first kappa shape index (κ1) is 10.5. The maximum absolute atomic E-state index is 5.94. The van der Waals surface area contributed by atoms with Crippen LogP contribution in [0.15, 0.2) is 18.2 Å². The van der Waals surface area contributed by atoms with E-state index in [2.05, 4.69) is 11.2 Å². The highest BCUT2D eigenvalue weighted by molar-refractivity contribution is 6.42. The van der Waals surface area contributed by atoms with Crippen LogP contribution in [0.5, 0.6) is 0 Å². The van der Waals surface area contributed by atoms with Crippen LogP contribution in [0.2, 0.25) is 10.0 Å². The molecule has 15 heavy (non-hydrogen) atoms. The van der Waals surface area contributed by atoms with E-state index in [4.69, 9.17) is 23.2 Å². The Morgan fingerprint density at radius 1 is 1.20 bits per heavy atom. The van der Waals surface area contributed by atoms with Crippen molar-refractivity contribution < 1.29 is 0 Å². The second-order valence-corrected chi connectivity index (χ2v) is 4.12. The van der Waals surface area contributed by atoms with Gasteiger partial charge in [-0.3, -0.25) is 0 Å². The fraction of sp³-hybridized carbons (Fsp3) is 0.182. The molecule has 0 saturated heterocycles. The summed E-state index contributed by atoms with van der Waals surface area (Å²) in [5.74, 6) is 0. The second kappa shape index (κ2) is 3.87. The van der Waals surface area contributed by atoms with Crippen molar-refractivity contribution in [3.8, 4) is 5.69 Å². The zero-order valence-electron chi connectivity index (χ0n) is 8.38. The third kappa shape index (κ3) is 2.01. The van der Waals surface area contributed by atoms with Crippen molar-refractivity contribution in [2.24, 2.45) is 0 Å². The Morgan fingerprint density at radius 2 is 1.93 bits per heavy atom. The summed E-state index contributed by atoms with van der Waals surface area (Å²) >= 11 is 11.8. The van der Waals surface area contributed by atoms with Crippen molar-refractivity contribution in [2.75, 3.05) is 0 Å². The van der Waals surface area contributed by atoms with Crippen molar-refractivity contribution in [3.63, 3.8) is 0 Å². The zero-order chi connectivity index (χ0) is 11.0. The molecule has 0 aliphatic heterocycles. The monoisotopic (exact) mass is 239 g/mol. The minimum absolute atomic E-state index is 0.529. The molecule has 0 bridgehead atoms. The Bertz CT molecular complexity index is 503.